The summed E-state index contributed by atoms with van der Waals surface area (Å²) in [5.41, 5.74) is 7.89. The average Bonchev–Trinajstić information content (AvgIpc) is 2.70. The molecule has 82 valence electrons. The summed E-state index contributed by atoms with van der Waals surface area (Å²) >= 11 is 6.97. The molecule has 1 aromatic heterocycles. The Labute approximate surface area is 100 Å². The summed E-state index contributed by atoms with van der Waals surface area (Å²) in [5, 5.41) is 10.8. The minimum Gasteiger partial charge on any atom is -0.398 e. The van der Waals surface area contributed by atoms with Gasteiger partial charge in [-0.05, 0) is 18.2 Å². The number of hydrogen-bond acceptors (Lipinski definition) is 5. The Morgan fingerprint density at radius 1 is 1.50 bits per heavy atom. The maximum atomic E-state index is 11.7. The van der Waals surface area contributed by atoms with Crippen LogP contribution in [0.1, 0.15) is 10.4 Å². The molecule has 2 rings (SSSR count). The van der Waals surface area contributed by atoms with Gasteiger partial charge >= 0.3 is 0 Å². The highest BCUT2D eigenvalue weighted by molar-refractivity contribution is 7.13. The number of nitrogens with one attached hydrogen (secondary N) is 1. The lowest BCUT2D eigenvalue weighted by atomic mass is 10.2. The quantitative estimate of drug-likeness (QED) is 0.804. The van der Waals surface area contributed by atoms with Gasteiger partial charge in [0.05, 0.1) is 5.56 Å². The van der Waals surface area contributed by atoms with Gasteiger partial charge in [0.1, 0.15) is 5.51 Å². The Hall–Kier alpha value is -1.66. The van der Waals surface area contributed by atoms with Crippen LogP contribution in [-0.4, -0.2) is 16.1 Å². The average molecular weight is 255 g/mol. The highest BCUT2D eigenvalue weighted by atomic mass is 35.5. The van der Waals surface area contributed by atoms with Crippen molar-refractivity contribution >= 4 is 39.7 Å². The number of hydrogen-bond donors (Lipinski definition) is 2. The minimum absolute atomic E-state index is 0.328. The van der Waals surface area contributed by atoms with Gasteiger partial charge in [0.2, 0.25) is 5.13 Å². The van der Waals surface area contributed by atoms with E-state index < -0.39 is 0 Å². The van der Waals surface area contributed by atoms with Crippen molar-refractivity contribution in [1.29, 1.82) is 0 Å². The lowest BCUT2D eigenvalue weighted by molar-refractivity contribution is 0.102. The van der Waals surface area contributed by atoms with Crippen molar-refractivity contribution in [2.45, 2.75) is 0 Å². The molecular formula is C9H7ClN4OS. The number of aromatic nitrogens is 2. The third kappa shape index (κ3) is 2.29. The first-order valence-electron chi connectivity index (χ1n) is 4.29. The van der Waals surface area contributed by atoms with Gasteiger partial charge in [0.15, 0.2) is 0 Å². The van der Waals surface area contributed by atoms with Crippen molar-refractivity contribution in [3.63, 3.8) is 0 Å². The van der Waals surface area contributed by atoms with E-state index in [0.717, 1.165) is 0 Å². The maximum absolute atomic E-state index is 11.7. The molecule has 0 aliphatic heterocycles. The second-order valence-corrected chi connectivity index (χ2v) is 4.20. The van der Waals surface area contributed by atoms with Crippen molar-refractivity contribution < 1.29 is 4.79 Å². The molecule has 16 heavy (non-hydrogen) atoms. The predicted octanol–water partition coefficient (Wildman–Crippen LogP) is 2.03. The Morgan fingerprint density at radius 2 is 2.31 bits per heavy atom. The lowest BCUT2D eigenvalue weighted by Gasteiger charge is -2.04. The van der Waals surface area contributed by atoms with Crippen molar-refractivity contribution in [3.05, 3.63) is 34.3 Å². The summed E-state index contributed by atoms with van der Waals surface area (Å²) in [6.45, 7) is 0. The Morgan fingerprint density at radius 3 is 2.94 bits per heavy atom. The second-order valence-electron chi connectivity index (χ2n) is 2.93. The molecule has 0 aliphatic carbocycles. The number of benzene rings is 1. The van der Waals surface area contributed by atoms with E-state index >= 15 is 0 Å². The van der Waals surface area contributed by atoms with Gasteiger partial charge in [-0.25, -0.2) is 0 Å². The SMILES string of the molecule is Nc1cc(Cl)ccc1C(=O)Nc1nncs1. The molecule has 3 N–H and O–H groups in total. The van der Waals surface area contributed by atoms with Gasteiger partial charge in [-0.15, -0.1) is 10.2 Å². The van der Waals surface area contributed by atoms with Gasteiger partial charge in [-0.1, -0.05) is 22.9 Å². The van der Waals surface area contributed by atoms with E-state index in [9.17, 15) is 4.79 Å². The van der Waals surface area contributed by atoms with E-state index in [4.69, 9.17) is 17.3 Å². The van der Waals surface area contributed by atoms with Crippen molar-refractivity contribution in [2.24, 2.45) is 0 Å². The molecule has 0 atom stereocenters. The first-order chi connectivity index (χ1) is 7.66. The summed E-state index contributed by atoms with van der Waals surface area (Å²) < 4.78 is 0. The van der Waals surface area contributed by atoms with Gasteiger partial charge in [-0.3, -0.25) is 10.1 Å². The zero-order valence-electron chi connectivity index (χ0n) is 7.98. The van der Waals surface area contributed by atoms with Crippen LogP contribution in [0.15, 0.2) is 23.7 Å². The predicted molar refractivity (Wildman–Crippen MR) is 63.7 cm³/mol. The molecule has 0 spiro atoms. The molecule has 7 heteroatoms. The van der Waals surface area contributed by atoms with Crippen molar-refractivity contribution in [2.75, 3.05) is 11.1 Å². The van der Waals surface area contributed by atoms with Crippen LogP contribution in [-0.2, 0) is 0 Å². The summed E-state index contributed by atoms with van der Waals surface area (Å²) in [7, 11) is 0. The zero-order chi connectivity index (χ0) is 11.5. The van der Waals surface area contributed by atoms with E-state index in [-0.39, 0.29) is 5.91 Å². The molecule has 5 nitrogen and oxygen atoms in total. The number of amides is 1. The number of rotatable bonds is 2. The molecule has 0 fully saturated rings. The number of anilines is 2. The Balaban J connectivity index is 2.21. The first kappa shape index (κ1) is 10.8. The van der Waals surface area contributed by atoms with Gasteiger partial charge in [-0.2, -0.15) is 0 Å². The molecule has 0 saturated heterocycles. The van der Waals surface area contributed by atoms with Gasteiger partial charge in [0.25, 0.3) is 5.91 Å². The number of halogens is 1. The molecule has 0 aliphatic rings. The molecular weight excluding hydrogens is 248 g/mol. The van der Waals surface area contributed by atoms with Crippen LogP contribution in [0.3, 0.4) is 0 Å². The fourth-order valence-corrected chi connectivity index (χ4v) is 1.75. The van der Waals surface area contributed by atoms with Gasteiger partial charge < -0.3 is 5.73 Å². The van der Waals surface area contributed by atoms with Crippen LogP contribution in [0.25, 0.3) is 0 Å². The molecule has 0 radical (unpaired) electrons. The third-order valence-electron chi connectivity index (χ3n) is 1.84. The van der Waals surface area contributed by atoms with E-state index in [1.54, 1.807) is 12.1 Å². The second kappa shape index (κ2) is 4.46. The molecule has 1 amide bonds. The van der Waals surface area contributed by atoms with E-state index in [2.05, 4.69) is 15.5 Å². The smallest absolute Gasteiger partial charge is 0.259 e. The molecule has 0 bridgehead atoms. The largest absolute Gasteiger partial charge is 0.398 e. The normalized spacial score (nSPS) is 10.1. The number of carbonyl (C=O) groups excluding carboxylic acids is 1. The fourth-order valence-electron chi connectivity index (χ4n) is 1.13. The first-order valence-corrected chi connectivity index (χ1v) is 5.55. The highest BCUT2D eigenvalue weighted by Gasteiger charge is 2.11. The summed E-state index contributed by atoms with van der Waals surface area (Å²) in [4.78, 5) is 11.7. The minimum atomic E-state index is -0.328. The van der Waals surface area contributed by atoms with Crippen molar-refractivity contribution in [3.8, 4) is 0 Å². The van der Waals surface area contributed by atoms with E-state index in [1.807, 2.05) is 0 Å². The monoisotopic (exact) mass is 254 g/mol. The molecule has 0 unspecified atom stereocenters. The van der Waals surface area contributed by atoms with E-state index in [1.165, 1.54) is 22.9 Å². The van der Waals surface area contributed by atoms with E-state index in [0.29, 0.717) is 21.4 Å². The van der Waals surface area contributed by atoms with Gasteiger partial charge in [0, 0.05) is 10.7 Å². The zero-order valence-corrected chi connectivity index (χ0v) is 9.55. The highest BCUT2D eigenvalue weighted by Crippen LogP contribution is 2.19. The molecule has 2 aromatic rings. The standard InChI is InChI=1S/C9H7ClN4OS/c10-5-1-2-6(7(11)3-5)8(15)13-9-14-12-4-16-9/h1-4H,11H2,(H,13,14,15). The topological polar surface area (TPSA) is 80.9 Å². The summed E-state index contributed by atoms with van der Waals surface area (Å²) in [5.74, 6) is -0.328. The third-order valence-corrected chi connectivity index (χ3v) is 2.68. The fraction of sp³-hybridized carbons (Fsp3) is 0. The van der Waals surface area contributed by atoms with Crippen molar-refractivity contribution in [1.82, 2.24) is 10.2 Å². The summed E-state index contributed by atoms with van der Waals surface area (Å²) in [6, 6.07) is 4.69. The maximum Gasteiger partial charge on any atom is 0.259 e. The van der Waals surface area contributed by atoms with Crippen LogP contribution < -0.4 is 11.1 Å². The Bertz CT molecular complexity index is 514. The Kier molecular flexibility index (Phi) is 3.02. The lowest BCUT2D eigenvalue weighted by Crippen LogP contribution is -2.13. The molecule has 0 saturated carbocycles. The van der Waals surface area contributed by atoms with Crippen LogP contribution in [0.4, 0.5) is 10.8 Å². The van der Waals surface area contributed by atoms with Crippen LogP contribution in [0.5, 0.6) is 0 Å². The number of nitrogens with zero attached hydrogens (tertiary/aromatic N) is 2. The molecule has 1 aromatic carbocycles. The van der Waals surface area contributed by atoms with Crippen LogP contribution >= 0.6 is 22.9 Å². The van der Waals surface area contributed by atoms with Crippen LogP contribution in [0, 0.1) is 0 Å². The number of carbonyl (C=O) groups is 1. The number of nitrogens with two attached hydrogens (primary N) is 1. The molecule has 1 heterocycles. The number of nitrogen functional groups attached to an aromatic ring is 1. The van der Waals surface area contributed by atoms with Crippen LogP contribution in [0.2, 0.25) is 5.02 Å². The summed E-state index contributed by atoms with van der Waals surface area (Å²) in [6.07, 6.45) is 0.